The second-order valence-corrected chi connectivity index (χ2v) is 10.2. The maximum Gasteiger partial charge on any atom is 0.420 e. The van der Waals surface area contributed by atoms with Gasteiger partial charge in [0.25, 0.3) is 0 Å². The Morgan fingerprint density at radius 1 is 0.852 bits per heavy atom. The molecule has 0 aliphatic rings. The third-order valence-electron chi connectivity index (χ3n) is 3.46. The van der Waals surface area contributed by atoms with Crippen molar-refractivity contribution in [1.29, 1.82) is 0 Å². The van der Waals surface area contributed by atoms with Crippen molar-refractivity contribution >= 4 is 12.2 Å². The minimum Gasteiger partial charge on any atom is -0.443 e. The smallest absolute Gasteiger partial charge is 0.420 e. The molecular weight excluding hydrogens is 342 g/mol. The number of hydrogen-bond donors (Lipinski definition) is 0. The van der Waals surface area contributed by atoms with Gasteiger partial charge in [-0.05, 0) is 72.6 Å². The summed E-state index contributed by atoms with van der Waals surface area (Å²) in [7, 11) is 0. The van der Waals surface area contributed by atoms with E-state index in [-0.39, 0.29) is 11.5 Å². The van der Waals surface area contributed by atoms with Gasteiger partial charge in [-0.25, -0.2) is 14.5 Å². The molecule has 0 rings (SSSR count). The number of allylic oxidation sites excluding steroid dienone is 2. The molecule has 0 heterocycles. The molecule has 0 fully saturated rings. The topological polar surface area (TPSA) is 55.8 Å². The van der Waals surface area contributed by atoms with Gasteiger partial charge < -0.3 is 9.47 Å². The van der Waals surface area contributed by atoms with Crippen LogP contribution in [0.2, 0.25) is 0 Å². The van der Waals surface area contributed by atoms with Crippen molar-refractivity contribution in [1.82, 2.24) is 4.90 Å². The molecular formula is C22H41NO4. The number of hydrogen-bond acceptors (Lipinski definition) is 4. The molecule has 0 aliphatic heterocycles. The van der Waals surface area contributed by atoms with Crippen LogP contribution in [0.4, 0.5) is 9.59 Å². The molecule has 27 heavy (non-hydrogen) atoms. The van der Waals surface area contributed by atoms with Crippen molar-refractivity contribution in [2.24, 2.45) is 5.41 Å². The highest BCUT2D eigenvalue weighted by Gasteiger charge is 2.37. The SMILES string of the molecule is CC/C=C/CC[C@@H](CC(C)(C)C)N(C(=O)OC(C)(C)C)C(=O)OC(C)(C)C. The number of carbonyl (C=O) groups excluding carboxylic acids is 2. The van der Waals surface area contributed by atoms with E-state index in [1.807, 2.05) is 0 Å². The lowest BCUT2D eigenvalue weighted by Gasteiger charge is -2.36. The number of amides is 2. The Labute approximate surface area is 166 Å². The fourth-order valence-corrected chi connectivity index (χ4v) is 2.60. The normalized spacial score (nSPS) is 14.1. The van der Waals surface area contributed by atoms with Crippen LogP contribution in [0.3, 0.4) is 0 Å². The monoisotopic (exact) mass is 383 g/mol. The molecule has 0 saturated carbocycles. The Morgan fingerprint density at radius 2 is 1.30 bits per heavy atom. The highest BCUT2D eigenvalue weighted by atomic mass is 16.6. The van der Waals surface area contributed by atoms with Gasteiger partial charge in [-0.15, -0.1) is 0 Å². The molecule has 1 atom stereocenters. The number of nitrogens with zero attached hydrogens (tertiary/aromatic N) is 1. The summed E-state index contributed by atoms with van der Waals surface area (Å²) in [4.78, 5) is 27.0. The van der Waals surface area contributed by atoms with Gasteiger partial charge in [-0.3, -0.25) is 0 Å². The van der Waals surface area contributed by atoms with E-state index in [1.165, 1.54) is 4.90 Å². The van der Waals surface area contributed by atoms with Crippen molar-refractivity contribution < 1.29 is 19.1 Å². The summed E-state index contributed by atoms with van der Waals surface area (Å²) in [5, 5.41) is 0. The zero-order valence-corrected chi connectivity index (χ0v) is 19.1. The first-order valence-electron chi connectivity index (χ1n) is 9.96. The average Bonchev–Trinajstić information content (AvgIpc) is 2.37. The molecule has 0 aromatic heterocycles. The van der Waals surface area contributed by atoms with Crippen LogP contribution in [0.5, 0.6) is 0 Å². The molecule has 0 aliphatic carbocycles. The predicted octanol–water partition coefficient (Wildman–Crippen LogP) is 6.71. The lowest BCUT2D eigenvalue weighted by atomic mass is 9.86. The molecule has 0 unspecified atom stereocenters. The molecule has 0 radical (unpaired) electrons. The van der Waals surface area contributed by atoms with Crippen LogP contribution in [-0.2, 0) is 9.47 Å². The molecule has 0 aromatic carbocycles. The van der Waals surface area contributed by atoms with E-state index in [9.17, 15) is 9.59 Å². The van der Waals surface area contributed by atoms with Crippen LogP contribution in [0.25, 0.3) is 0 Å². The lowest BCUT2D eigenvalue weighted by molar-refractivity contribution is -0.0114. The van der Waals surface area contributed by atoms with E-state index in [4.69, 9.17) is 9.47 Å². The van der Waals surface area contributed by atoms with Gasteiger partial charge in [0.2, 0.25) is 0 Å². The minimum atomic E-state index is -0.689. The molecule has 0 aromatic rings. The van der Waals surface area contributed by atoms with Crippen LogP contribution in [0.15, 0.2) is 12.2 Å². The molecule has 0 spiro atoms. The van der Waals surface area contributed by atoms with Crippen molar-refractivity contribution in [3.05, 3.63) is 12.2 Å². The molecule has 2 amide bonds. The Morgan fingerprint density at radius 3 is 1.63 bits per heavy atom. The summed E-state index contributed by atoms with van der Waals surface area (Å²) in [5.74, 6) is 0. The van der Waals surface area contributed by atoms with Crippen molar-refractivity contribution in [3.8, 4) is 0 Å². The Hall–Kier alpha value is -1.52. The first-order valence-corrected chi connectivity index (χ1v) is 9.96. The first kappa shape index (κ1) is 25.5. The van der Waals surface area contributed by atoms with Gasteiger partial charge in [0, 0.05) is 6.04 Å². The van der Waals surface area contributed by atoms with E-state index in [1.54, 1.807) is 41.5 Å². The maximum absolute atomic E-state index is 12.9. The van der Waals surface area contributed by atoms with Crippen LogP contribution in [0, 0.1) is 5.41 Å². The van der Waals surface area contributed by atoms with Gasteiger partial charge in [-0.1, -0.05) is 39.8 Å². The molecule has 158 valence electrons. The van der Waals surface area contributed by atoms with E-state index < -0.39 is 23.4 Å². The van der Waals surface area contributed by atoms with E-state index in [2.05, 4.69) is 39.8 Å². The van der Waals surface area contributed by atoms with E-state index >= 15 is 0 Å². The lowest BCUT2D eigenvalue weighted by Crippen LogP contribution is -2.50. The Kier molecular flexibility index (Phi) is 9.57. The Bertz CT molecular complexity index is 476. The van der Waals surface area contributed by atoms with Gasteiger partial charge in [0.1, 0.15) is 11.2 Å². The zero-order valence-electron chi connectivity index (χ0n) is 19.1. The third-order valence-corrected chi connectivity index (χ3v) is 3.46. The predicted molar refractivity (Wildman–Crippen MR) is 111 cm³/mol. The van der Waals surface area contributed by atoms with Gasteiger partial charge in [0.05, 0.1) is 0 Å². The minimum absolute atomic E-state index is 0.0542. The van der Waals surface area contributed by atoms with Crippen LogP contribution in [0.1, 0.15) is 94.9 Å². The first-order chi connectivity index (χ1) is 12.1. The molecule has 0 N–H and O–H groups in total. The number of imide groups is 1. The largest absolute Gasteiger partial charge is 0.443 e. The molecule has 5 nitrogen and oxygen atoms in total. The van der Waals surface area contributed by atoms with Crippen molar-refractivity contribution in [2.45, 2.75) is 112 Å². The maximum atomic E-state index is 12.9. The van der Waals surface area contributed by atoms with Crippen LogP contribution >= 0.6 is 0 Å². The summed E-state index contributed by atoms with van der Waals surface area (Å²) in [6.45, 7) is 19.1. The van der Waals surface area contributed by atoms with Crippen LogP contribution < -0.4 is 0 Å². The Balaban J connectivity index is 5.74. The third kappa shape index (κ3) is 12.5. The highest BCUT2D eigenvalue weighted by molar-refractivity contribution is 5.88. The summed E-state index contributed by atoms with van der Waals surface area (Å²) in [5.41, 5.74) is -1.43. The van der Waals surface area contributed by atoms with Crippen molar-refractivity contribution in [3.63, 3.8) is 0 Å². The van der Waals surface area contributed by atoms with E-state index in [0.717, 1.165) is 12.8 Å². The summed E-state index contributed by atoms with van der Waals surface area (Å²) < 4.78 is 11.1. The number of ether oxygens (including phenoxy) is 2. The van der Waals surface area contributed by atoms with Gasteiger partial charge >= 0.3 is 12.2 Å². The number of rotatable bonds is 6. The van der Waals surface area contributed by atoms with Gasteiger partial charge in [-0.2, -0.15) is 0 Å². The zero-order chi connectivity index (χ0) is 21.5. The summed E-state index contributed by atoms with van der Waals surface area (Å²) in [6, 6.07) is -0.295. The fourth-order valence-electron chi connectivity index (χ4n) is 2.60. The molecule has 5 heteroatoms. The second-order valence-electron chi connectivity index (χ2n) is 10.2. The molecule has 0 saturated heterocycles. The highest BCUT2D eigenvalue weighted by Crippen LogP contribution is 2.29. The molecule has 0 bridgehead atoms. The second kappa shape index (κ2) is 10.1. The number of carbonyl (C=O) groups is 2. The van der Waals surface area contributed by atoms with Crippen molar-refractivity contribution in [2.75, 3.05) is 0 Å². The summed E-state index contributed by atoms with van der Waals surface area (Å²) >= 11 is 0. The van der Waals surface area contributed by atoms with E-state index in [0.29, 0.717) is 12.8 Å². The summed E-state index contributed by atoms with van der Waals surface area (Å²) in [6.07, 6.45) is 5.99. The standard InChI is InChI=1S/C22H41NO4/c1-11-12-13-14-15-17(16-20(2,3)4)23(18(24)26-21(5,6)7)19(25)27-22(8,9)10/h12-13,17H,11,14-16H2,1-10H3/b13-12+/t17-/m0/s1. The van der Waals surface area contributed by atoms with Crippen LogP contribution in [-0.4, -0.2) is 34.3 Å². The quantitative estimate of drug-likeness (QED) is 0.478. The average molecular weight is 384 g/mol. The van der Waals surface area contributed by atoms with Gasteiger partial charge in [0.15, 0.2) is 0 Å². The fraction of sp³-hybridized carbons (Fsp3) is 0.818.